The van der Waals surface area contributed by atoms with E-state index in [1.54, 1.807) is 19.2 Å². The van der Waals surface area contributed by atoms with E-state index >= 15 is 0 Å². The van der Waals surface area contributed by atoms with Crippen LogP contribution in [-0.2, 0) is 28.8 Å². The van der Waals surface area contributed by atoms with Gasteiger partial charge in [0.25, 0.3) is 39.1 Å². The fourth-order valence-corrected chi connectivity index (χ4v) is 13.6. The molecular weight excluding hydrogens is 1750 g/mol. The summed E-state index contributed by atoms with van der Waals surface area (Å²) in [4.78, 5) is 160. The van der Waals surface area contributed by atoms with E-state index in [2.05, 4.69) is 119 Å². The summed E-state index contributed by atoms with van der Waals surface area (Å²) < 4.78 is 494. The number of nitrogens with zero attached hydrogens (tertiary/aromatic N) is 30. The maximum Gasteiger partial charge on any atom is 0.302 e. The van der Waals surface area contributed by atoms with E-state index in [1.165, 1.54) is 87.2 Å². The van der Waals surface area contributed by atoms with Crippen molar-refractivity contribution in [1.82, 2.24) is 119 Å². The Balaban J connectivity index is 0.000000191. The van der Waals surface area contributed by atoms with Gasteiger partial charge in [-0.1, -0.05) is 41.3 Å². The molecule has 0 saturated carbocycles. The zero-order valence-electron chi connectivity index (χ0n) is 133. The summed E-state index contributed by atoms with van der Waals surface area (Å²) >= 11 is 0. The Morgan fingerprint density at radius 1 is 0.341 bits per heavy atom. The van der Waals surface area contributed by atoms with Crippen molar-refractivity contribution in [2.45, 2.75) is 116 Å². The molecule has 42 heteroatoms. The zero-order chi connectivity index (χ0) is 151. The fourth-order valence-electron chi connectivity index (χ4n) is 13.6. The van der Waals surface area contributed by atoms with Gasteiger partial charge >= 0.3 is 35.4 Å². The molecule has 6 aliphatic heterocycles. The van der Waals surface area contributed by atoms with E-state index in [4.69, 9.17) is 120 Å². The predicted octanol–water partition coefficient (Wildman–Crippen LogP) is 9.30. The van der Waals surface area contributed by atoms with Gasteiger partial charge in [-0.25, -0.2) is 99.2 Å². The highest BCUT2D eigenvalue weighted by Crippen LogP contribution is 2.37. The van der Waals surface area contributed by atoms with E-state index in [0.29, 0.717) is 21.3 Å². The quantitative estimate of drug-likeness (QED) is 0.0435. The van der Waals surface area contributed by atoms with Crippen molar-refractivity contribution in [2.24, 2.45) is 35.4 Å². The Bertz CT molecular complexity index is 9450. The maximum absolute atomic E-state index is 12.8. The molecule has 138 heavy (non-hydrogen) atoms. The second-order valence-corrected chi connectivity index (χ2v) is 29.4. The van der Waals surface area contributed by atoms with Crippen LogP contribution in [0.3, 0.4) is 0 Å². The molecule has 0 bridgehead atoms. The lowest BCUT2D eigenvalue weighted by Gasteiger charge is -2.41. The molecule has 12 aromatic heterocycles. The smallest absolute Gasteiger partial charge is 0.302 e. The minimum atomic E-state index is -3.84. The van der Waals surface area contributed by atoms with Crippen molar-refractivity contribution < 1.29 is 111 Å². The largest absolute Gasteiger partial charge is 0.354 e. The predicted molar refractivity (Wildman–Crippen MR) is 527 cm³/mol. The number of rotatable bonds is 18. The van der Waals surface area contributed by atoms with E-state index in [1.807, 2.05) is 0 Å². The first-order valence-electron chi connectivity index (χ1n) is 70.4. The number of carbonyl (C=O) groups is 6. The van der Waals surface area contributed by atoms with Crippen LogP contribution in [0.2, 0.25) is 0 Å². The third-order valence-corrected chi connectivity index (χ3v) is 20.5. The fraction of sp³-hybridized carbons (Fsp3) is 0.500. The monoisotopic (exact) mass is 1930 g/mol. The highest BCUT2D eigenvalue weighted by molar-refractivity contribution is 5.93. The summed E-state index contributed by atoms with van der Waals surface area (Å²) in [5.41, 5.74) is 0.773. The number of hydrogen-bond acceptors (Lipinski definition) is 24. The molecule has 0 radical (unpaired) electrons. The molecule has 0 aromatic carbocycles. The van der Waals surface area contributed by atoms with Crippen LogP contribution in [0.25, 0.3) is 95.3 Å². The van der Waals surface area contributed by atoms with Gasteiger partial charge in [0.1, 0.15) is 123 Å². The average molecular weight is 1930 g/mol. The number of anilines is 6. The van der Waals surface area contributed by atoms with Gasteiger partial charge in [-0.15, -0.1) is 0 Å². The number of aromatic amines is 6. The van der Waals surface area contributed by atoms with E-state index in [0.717, 1.165) is 23.8 Å². The first-order valence-corrected chi connectivity index (χ1v) is 40.4. The number of amides is 6. The number of likely N-dealkylation sites (N-methyl/N-ethyl adjacent to an activating group) is 6. The van der Waals surface area contributed by atoms with E-state index in [9.17, 15) is 30.1 Å². The minimum absolute atomic E-state index is 0.0153. The summed E-state index contributed by atoms with van der Waals surface area (Å²) in [6.07, 6.45) is -0.0368. The zero-order valence-corrected chi connectivity index (χ0v) is 73.1. The number of H-pyrrole nitrogens is 6. The average Bonchev–Trinajstić information content (AvgIpc) is 0.851. The third-order valence-electron chi connectivity index (χ3n) is 20.5. The number of nitrogens with one attached hydrogen (secondary N) is 6. The Hall–Kier alpha value is -15.7. The standard InChI is InChI=1S/6C16H20N6O/c6*1-11-5-7-22(14(23)8-17-2)9-13(11)21(3)16-12-4-6-18-15(12)19-10-20-16/h6*4,6,10-11,13H,5,7-9H2,1,3H3,(H,18,19,20)/t6*11-,13+/m111111/s1/i1D3,3D3,7D2,9D2,10D,11D,13D;3D3,7D2,9D2,10D,11D,13D;1D3,7D2,9D2,10D,11D,13D;3D3,7D2,8D2,9D2,10D;1D3,7D2,8D2,9D2,10D;7D2,8D2,9D2,10D. The van der Waals surface area contributed by atoms with Crippen LogP contribution in [0, 0.1) is 74.9 Å². The molecule has 6 N–H and O–H groups in total. The summed E-state index contributed by atoms with van der Waals surface area (Å²) in [6.45, 7) is -23.7. The lowest BCUT2D eigenvalue weighted by Crippen LogP contribution is -2.53. The Morgan fingerprint density at radius 2 is 0.587 bits per heavy atom. The molecule has 0 unspecified atom stereocenters. The molecule has 6 amide bonds. The molecule has 12 atom stereocenters. The number of carbonyl (C=O) groups excluding carboxylic acids is 6. The number of hydrogen-bond donors (Lipinski definition) is 6. The summed E-state index contributed by atoms with van der Waals surface area (Å²) in [5, 5.41) is 1.05. The molecule has 42 nitrogen and oxygen atoms in total. The van der Waals surface area contributed by atoms with Crippen LogP contribution < -0.4 is 29.4 Å². The van der Waals surface area contributed by atoms with E-state index in [-0.39, 0.29) is 125 Å². The Morgan fingerprint density at radius 3 is 0.877 bits per heavy atom. The minimum Gasteiger partial charge on any atom is -0.354 e. The molecule has 18 rings (SSSR count). The molecular formula is C96H120N36O6. The molecule has 6 fully saturated rings. The van der Waals surface area contributed by atoms with Crippen LogP contribution >= 0.6 is 0 Å². The van der Waals surface area contributed by atoms with Crippen LogP contribution in [0.15, 0.2) is 111 Å². The van der Waals surface area contributed by atoms with Crippen LogP contribution in [0.5, 0.6) is 0 Å². The molecule has 18 heterocycles. The highest BCUT2D eigenvalue weighted by Gasteiger charge is 2.41. The number of likely N-dealkylation sites (tertiary alicyclic amines) is 6. The SMILES string of the molecule is [2H]c1nc(N(C([2H])([2H])[2H])[C@@]2([2H])C([2H])([2H])N(C(=O)C[N+]#[C-])C([2H])([2H])C[C@@]2([2H])C([2H])([2H])[2H])c2cc[nH]c2n1.[2H]c1nc(N(C([2H])([2H])[2H])[C@@]2([2H])C([2H])([2H])N(C(=O)C[N+]#[C-])C([2H])([2H])C[C@@]2([2H])C)c2cc[nH]c2n1.[2H]c1nc(N(C)[C@@H]2[C@H](C([2H])([2H])[2H])CC([2H])([2H])N(C(=O)C([2H])([2H])[N+]#[C-])C2([2H])[2H])c2cc[nH]c2n1.[2H]c1nc(N(C)[C@@H]2[C@H](C)CC([2H])([2H])N(C(=O)C([2H])([2H])[N+]#[C-])C2([2H])[2H])c2cc[nH]c2n1.[2H]c1nc(N(C)[C@@]2([2H])C([2H])([2H])N(C(=O)C[N+]#[C-])C([2H])([2H])C[C@@]2([2H])C([2H])([2H])[2H])c2cc[nH]c2n1.[2H]c1nc(N([C@@H]2[C@H](C)CC([2H])([2H])N(C(=O)C([2H])([2H])[N+]#[C-])C2([2H])[2H])C([2H])([2H])[2H])c2cc[nH]c2n1. The van der Waals surface area contributed by atoms with Gasteiger partial charge < -0.3 is 118 Å². The van der Waals surface area contributed by atoms with Gasteiger partial charge in [-0.3, -0.25) is 28.8 Å². The summed E-state index contributed by atoms with van der Waals surface area (Å²) in [6, 6.07) is -6.09. The van der Waals surface area contributed by atoms with Crippen molar-refractivity contribution >= 4 is 137 Å². The third kappa shape index (κ3) is 23.1. The lowest BCUT2D eigenvalue weighted by atomic mass is 9.92. The second-order valence-electron chi connectivity index (χ2n) is 29.4. The first-order chi connectivity index (χ1) is 89.7. The van der Waals surface area contributed by atoms with Crippen LogP contribution in [-0.4, -0.2) is 350 Å². The van der Waals surface area contributed by atoms with Crippen molar-refractivity contribution in [3.05, 3.63) is 180 Å². The number of aromatic nitrogens is 18. The molecule has 0 spiro atoms. The molecule has 0 aliphatic carbocycles. The first kappa shape index (κ1) is 47.7. The molecule has 720 valence electrons. The molecule has 6 saturated heterocycles. The maximum atomic E-state index is 12.8. The van der Waals surface area contributed by atoms with Crippen molar-refractivity contribution in [3.8, 4) is 0 Å². The summed E-state index contributed by atoms with van der Waals surface area (Å²) in [5.74, 6) is -23.3. The molecule has 6 aliphatic rings. The van der Waals surface area contributed by atoms with Gasteiger partial charge in [-0.2, -0.15) is 0 Å². The lowest BCUT2D eigenvalue weighted by molar-refractivity contribution is -0.131. The van der Waals surface area contributed by atoms with Crippen molar-refractivity contribution in [1.29, 1.82) is 0 Å². The second kappa shape index (κ2) is 46.5. The van der Waals surface area contributed by atoms with Crippen LogP contribution in [0.4, 0.5) is 34.9 Å². The Labute approximate surface area is 886 Å². The van der Waals surface area contributed by atoms with Crippen LogP contribution in [0.1, 0.15) is 162 Å². The van der Waals surface area contributed by atoms with Crippen molar-refractivity contribution in [2.75, 3.05) is 189 Å². The summed E-state index contributed by atoms with van der Waals surface area (Å²) in [7, 11) is 3.90. The van der Waals surface area contributed by atoms with Gasteiger partial charge in [0.05, 0.1) is 89.1 Å². The van der Waals surface area contributed by atoms with Gasteiger partial charge in [0.2, 0.25) is 0 Å². The normalized spacial score (nSPS) is 36.0. The number of fused-ring (bicyclic) bond motifs is 6. The van der Waals surface area contributed by atoms with Gasteiger partial charge in [-0.05, 0) is 110 Å². The van der Waals surface area contributed by atoms with Crippen molar-refractivity contribution in [3.63, 3.8) is 0 Å². The highest BCUT2D eigenvalue weighted by atomic mass is 16.2. The van der Waals surface area contributed by atoms with Gasteiger partial charge in [0, 0.05) is 202 Å². The van der Waals surface area contributed by atoms with Gasteiger partial charge in [0.15, 0.2) is 0 Å². The Kier molecular flexibility index (Phi) is 16.1. The molecule has 12 aromatic rings. The van der Waals surface area contributed by atoms with E-state index < -0.39 is 341 Å². The number of piperidine rings is 6. The topological polar surface area (TPSA) is 417 Å².